The lowest BCUT2D eigenvalue weighted by Gasteiger charge is -2.16. The molecule has 1 N–H and O–H groups in total. The standard InChI is InChI=1S/C14H17ClN2O4/c1-8-5-12(11(15)7-13(8)17(19)20)16-10-4-3-9(6-10)14(18)21-2/h5,7,9-10,16H,3-4,6H2,1-2H3/t9-,10+/m0/s1. The maximum absolute atomic E-state index is 11.5. The number of nitro groups is 1. The van der Waals surface area contributed by atoms with E-state index in [1.165, 1.54) is 13.2 Å². The van der Waals surface area contributed by atoms with Crippen molar-refractivity contribution in [2.24, 2.45) is 5.92 Å². The van der Waals surface area contributed by atoms with Crippen molar-refractivity contribution in [3.05, 3.63) is 32.8 Å². The van der Waals surface area contributed by atoms with Crippen molar-refractivity contribution in [1.82, 2.24) is 0 Å². The molecule has 6 nitrogen and oxygen atoms in total. The lowest BCUT2D eigenvalue weighted by Crippen LogP contribution is -2.19. The highest BCUT2D eigenvalue weighted by molar-refractivity contribution is 6.33. The number of halogens is 1. The molecule has 1 aliphatic carbocycles. The normalized spacial score (nSPS) is 21.1. The van der Waals surface area contributed by atoms with Gasteiger partial charge in [-0.25, -0.2) is 0 Å². The molecule has 0 aromatic heterocycles. The summed E-state index contributed by atoms with van der Waals surface area (Å²) >= 11 is 6.09. The molecule has 1 fully saturated rings. The largest absolute Gasteiger partial charge is 0.469 e. The first kappa shape index (κ1) is 15.6. The van der Waals surface area contributed by atoms with Crippen molar-refractivity contribution in [1.29, 1.82) is 0 Å². The van der Waals surface area contributed by atoms with Gasteiger partial charge in [0.05, 0.1) is 28.7 Å². The Balaban J connectivity index is 2.09. The first-order valence-electron chi connectivity index (χ1n) is 6.71. The number of aryl methyl sites for hydroxylation is 1. The molecule has 1 aromatic rings. The SMILES string of the molecule is COC(=O)[C@H]1CC[C@@H](Nc2cc(C)c([N+](=O)[O-])cc2Cl)C1. The Hall–Kier alpha value is -1.82. The minimum Gasteiger partial charge on any atom is -0.469 e. The number of carbonyl (C=O) groups is 1. The van der Waals surface area contributed by atoms with E-state index >= 15 is 0 Å². The molecule has 21 heavy (non-hydrogen) atoms. The molecule has 0 amide bonds. The van der Waals surface area contributed by atoms with Crippen molar-refractivity contribution >= 4 is 28.9 Å². The number of ether oxygens (including phenoxy) is 1. The molecule has 1 aromatic carbocycles. The van der Waals surface area contributed by atoms with E-state index in [9.17, 15) is 14.9 Å². The van der Waals surface area contributed by atoms with Crippen molar-refractivity contribution in [3.8, 4) is 0 Å². The van der Waals surface area contributed by atoms with Crippen LogP contribution in [0.4, 0.5) is 11.4 Å². The van der Waals surface area contributed by atoms with Crippen LogP contribution in [0.1, 0.15) is 24.8 Å². The molecular formula is C14H17ClN2O4. The van der Waals surface area contributed by atoms with Crippen molar-refractivity contribution < 1.29 is 14.5 Å². The fraction of sp³-hybridized carbons (Fsp3) is 0.500. The Morgan fingerprint density at radius 2 is 2.19 bits per heavy atom. The van der Waals surface area contributed by atoms with E-state index in [1.807, 2.05) is 0 Å². The third-order valence-corrected chi connectivity index (χ3v) is 4.12. The number of nitrogens with zero attached hydrogens (tertiary/aromatic N) is 1. The average molecular weight is 313 g/mol. The summed E-state index contributed by atoms with van der Waals surface area (Å²) in [5.41, 5.74) is 1.22. The number of methoxy groups -OCH3 is 1. The molecule has 7 heteroatoms. The molecule has 114 valence electrons. The summed E-state index contributed by atoms with van der Waals surface area (Å²) in [6, 6.07) is 3.14. The number of esters is 1. The van der Waals surface area contributed by atoms with E-state index in [4.69, 9.17) is 16.3 Å². The zero-order valence-corrected chi connectivity index (χ0v) is 12.6. The molecular weight excluding hydrogens is 296 g/mol. The van der Waals surface area contributed by atoms with Crippen LogP contribution in [-0.2, 0) is 9.53 Å². The summed E-state index contributed by atoms with van der Waals surface area (Å²) in [7, 11) is 1.39. The first-order chi connectivity index (χ1) is 9.92. The fourth-order valence-corrected chi connectivity index (χ4v) is 2.90. The molecule has 0 unspecified atom stereocenters. The molecule has 0 saturated heterocycles. The second-order valence-electron chi connectivity index (χ2n) is 5.25. The molecule has 1 aliphatic rings. The zero-order valence-electron chi connectivity index (χ0n) is 11.9. The molecule has 2 atom stereocenters. The summed E-state index contributed by atoms with van der Waals surface area (Å²) in [5.74, 6) is -0.282. The molecule has 1 saturated carbocycles. The Morgan fingerprint density at radius 3 is 2.81 bits per heavy atom. The van der Waals surface area contributed by atoms with Crippen LogP contribution >= 0.6 is 11.6 Å². The van der Waals surface area contributed by atoms with E-state index in [2.05, 4.69) is 5.32 Å². The fourth-order valence-electron chi connectivity index (χ4n) is 2.69. The van der Waals surface area contributed by atoms with Crippen LogP contribution in [0.15, 0.2) is 12.1 Å². The molecule has 0 heterocycles. The van der Waals surface area contributed by atoms with E-state index in [1.54, 1.807) is 13.0 Å². The predicted octanol–water partition coefficient (Wildman–Crippen LogP) is 3.31. The lowest BCUT2D eigenvalue weighted by atomic mass is 10.1. The Bertz CT molecular complexity index is 576. The Morgan fingerprint density at radius 1 is 1.48 bits per heavy atom. The average Bonchev–Trinajstić information content (AvgIpc) is 2.89. The minimum atomic E-state index is -0.451. The van der Waals surface area contributed by atoms with E-state index in [0.29, 0.717) is 22.7 Å². The van der Waals surface area contributed by atoms with Gasteiger partial charge in [-0.05, 0) is 32.3 Å². The zero-order chi connectivity index (χ0) is 15.6. The van der Waals surface area contributed by atoms with Gasteiger partial charge in [0.1, 0.15) is 0 Å². The number of nitro benzene ring substituents is 1. The Kier molecular flexibility index (Phi) is 4.67. The van der Waals surface area contributed by atoms with Gasteiger partial charge in [0.15, 0.2) is 0 Å². The first-order valence-corrected chi connectivity index (χ1v) is 7.09. The quantitative estimate of drug-likeness (QED) is 0.524. The predicted molar refractivity (Wildman–Crippen MR) is 79.6 cm³/mol. The third-order valence-electron chi connectivity index (χ3n) is 3.81. The summed E-state index contributed by atoms with van der Waals surface area (Å²) in [5, 5.41) is 14.4. The highest BCUT2D eigenvalue weighted by Gasteiger charge is 2.31. The maximum Gasteiger partial charge on any atom is 0.308 e. The second-order valence-corrected chi connectivity index (χ2v) is 5.66. The van der Waals surface area contributed by atoms with Crippen LogP contribution in [0.25, 0.3) is 0 Å². The number of rotatable bonds is 4. The maximum atomic E-state index is 11.5. The van der Waals surface area contributed by atoms with Crippen LogP contribution < -0.4 is 5.32 Å². The molecule has 2 rings (SSSR count). The van der Waals surface area contributed by atoms with Crippen LogP contribution in [0, 0.1) is 23.0 Å². The highest BCUT2D eigenvalue weighted by atomic mass is 35.5. The third kappa shape index (κ3) is 3.44. The molecule has 0 aliphatic heterocycles. The second kappa shape index (κ2) is 6.30. The number of anilines is 1. The number of nitrogens with one attached hydrogen (secondary N) is 1. The van der Waals surface area contributed by atoms with E-state index in [-0.39, 0.29) is 23.6 Å². The Labute approximate surface area is 127 Å². The monoisotopic (exact) mass is 312 g/mol. The summed E-state index contributed by atoms with van der Waals surface area (Å²) < 4.78 is 4.75. The summed E-state index contributed by atoms with van der Waals surface area (Å²) in [6.07, 6.45) is 2.29. The van der Waals surface area contributed by atoms with Crippen LogP contribution in [0.2, 0.25) is 5.02 Å². The van der Waals surface area contributed by atoms with Crippen molar-refractivity contribution in [2.45, 2.75) is 32.2 Å². The number of benzene rings is 1. The minimum absolute atomic E-state index is 0.00408. The summed E-state index contributed by atoms with van der Waals surface area (Å²) in [4.78, 5) is 21.9. The molecule has 0 radical (unpaired) electrons. The number of carbonyl (C=O) groups excluding carboxylic acids is 1. The highest BCUT2D eigenvalue weighted by Crippen LogP contribution is 2.34. The van der Waals surface area contributed by atoms with E-state index < -0.39 is 4.92 Å². The van der Waals surface area contributed by atoms with Gasteiger partial charge in [-0.3, -0.25) is 14.9 Å². The number of hydrogen-bond acceptors (Lipinski definition) is 5. The van der Waals surface area contributed by atoms with Gasteiger partial charge in [-0.1, -0.05) is 11.6 Å². The molecule has 0 spiro atoms. The van der Waals surface area contributed by atoms with Gasteiger partial charge in [-0.2, -0.15) is 0 Å². The van der Waals surface area contributed by atoms with Gasteiger partial charge in [-0.15, -0.1) is 0 Å². The van der Waals surface area contributed by atoms with Gasteiger partial charge in [0, 0.05) is 17.7 Å². The van der Waals surface area contributed by atoms with E-state index in [0.717, 1.165) is 12.8 Å². The van der Waals surface area contributed by atoms with Crippen molar-refractivity contribution in [2.75, 3.05) is 12.4 Å². The smallest absolute Gasteiger partial charge is 0.308 e. The van der Waals surface area contributed by atoms with Gasteiger partial charge in [0.2, 0.25) is 0 Å². The van der Waals surface area contributed by atoms with Crippen molar-refractivity contribution in [3.63, 3.8) is 0 Å². The van der Waals surface area contributed by atoms with Crippen LogP contribution in [0.3, 0.4) is 0 Å². The summed E-state index contributed by atoms with van der Waals surface area (Å²) in [6.45, 7) is 1.67. The van der Waals surface area contributed by atoms with Crippen LogP contribution in [-0.4, -0.2) is 24.0 Å². The number of hydrogen-bond donors (Lipinski definition) is 1. The van der Waals surface area contributed by atoms with Gasteiger partial charge in [0.25, 0.3) is 5.69 Å². The van der Waals surface area contributed by atoms with Gasteiger partial charge >= 0.3 is 5.97 Å². The van der Waals surface area contributed by atoms with Gasteiger partial charge < -0.3 is 10.1 Å². The van der Waals surface area contributed by atoms with Crippen LogP contribution in [0.5, 0.6) is 0 Å². The topological polar surface area (TPSA) is 81.5 Å². The lowest BCUT2D eigenvalue weighted by molar-refractivity contribution is -0.385. The molecule has 0 bridgehead atoms.